The van der Waals surface area contributed by atoms with Crippen molar-refractivity contribution in [3.05, 3.63) is 17.3 Å². The fraction of sp³-hybridized carbons (Fsp3) is 0.571. The molecule has 2 bridgehead atoms. The minimum absolute atomic E-state index is 0.613. The Morgan fingerprint density at radius 3 is 2.94 bits per heavy atom. The van der Waals surface area contributed by atoms with Crippen LogP contribution in [-0.2, 0) is 0 Å². The standard InChI is InChI=1S/C14H17N3S/c1-15-12-10-4-5-18-14(10)17-13(16-12)11-7-8-2-3-9(11)6-8/h4-5,8-9,11H,2-3,6-7H2,1H3,(H,15,16,17). The molecule has 18 heavy (non-hydrogen) atoms. The van der Waals surface area contributed by atoms with Crippen molar-refractivity contribution in [3.8, 4) is 0 Å². The molecule has 1 N–H and O–H groups in total. The third kappa shape index (κ3) is 1.48. The summed E-state index contributed by atoms with van der Waals surface area (Å²) in [7, 11) is 1.95. The zero-order valence-electron chi connectivity index (χ0n) is 10.5. The van der Waals surface area contributed by atoms with Gasteiger partial charge >= 0.3 is 0 Å². The number of hydrogen-bond donors (Lipinski definition) is 1. The summed E-state index contributed by atoms with van der Waals surface area (Å²) in [4.78, 5) is 10.7. The molecule has 2 aliphatic rings. The number of aromatic nitrogens is 2. The molecular formula is C14H17N3S. The second-order valence-corrected chi connectivity index (χ2v) is 6.50. The van der Waals surface area contributed by atoms with Crippen LogP contribution in [0.4, 0.5) is 5.82 Å². The molecule has 0 aliphatic heterocycles. The number of nitrogens with one attached hydrogen (secondary N) is 1. The molecule has 0 aromatic carbocycles. The fourth-order valence-corrected chi connectivity index (χ4v) is 4.56. The number of nitrogens with zero attached hydrogens (tertiary/aromatic N) is 2. The number of rotatable bonds is 2. The molecule has 2 aliphatic carbocycles. The number of thiophene rings is 1. The van der Waals surface area contributed by atoms with Gasteiger partial charge in [0.25, 0.3) is 0 Å². The van der Waals surface area contributed by atoms with E-state index in [1.807, 2.05) is 7.05 Å². The Morgan fingerprint density at radius 2 is 2.22 bits per heavy atom. The average molecular weight is 259 g/mol. The van der Waals surface area contributed by atoms with E-state index in [0.29, 0.717) is 5.92 Å². The molecule has 2 aromatic rings. The van der Waals surface area contributed by atoms with Gasteiger partial charge in [0.2, 0.25) is 0 Å². The maximum atomic E-state index is 4.81. The zero-order chi connectivity index (χ0) is 12.1. The Hall–Kier alpha value is -1.16. The van der Waals surface area contributed by atoms with Gasteiger partial charge in [-0.3, -0.25) is 0 Å². The Balaban J connectivity index is 1.80. The number of fused-ring (bicyclic) bond motifs is 3. The third-order valence-corrected chi connectivity index (χ3v) is 5.46. The minimum atomic E-state index is 0.613. The van der Waals surface area contributed by atoms with Crippen LogP contribution in [0, 0.1) is 11.8 Å². The first-order valence-corrected chi connectivity index (χ1v) is 7.66. The van der Waals surface area contributed by atoms with E-state index in [1.165, 1.54) is 25.7 Å². The molecule has 94 valence electrons. The van der Waals surface area contributed by atoms with Crippen molar-refractivity contribution < 1.29 is 0 Å². The van der Waals surface area contributed by atoms with E-state index in [9.17, 15) is 0 Å². The molecule has 0 saturated heterocycles. The SMILES string of the molecule is CNc1nc(C2CC3CCC2C3)nc2sccc12. The Morgan fingerprint density at radius 1 is 1.28 bits per heavy atom. The predicted molar refractivity (Wildman–Crippen MR) is 75.2 cm³/mol. The molecular weight excluding hydrogens is 242 g/mol. The predicted octanol–water partition coefficient (Wildman–Crippen LogP) is 3.64. The van der Waals surface area contributed by atoms with Crippen LogP contribution >= 0.6 is 11.3 Å². The fourth-order valence-electron chi connectivity index (χ4n) is 3.79. The van der Waals surface area contributed by atoms with Gasteiger partial charge < -0.3 is 5.32 Å². The molecule has 4 heteroatoms. The molecule has 2 aromatic heterocycles. The summed E-state index contributed by atoms with van der Waals surface area (Å²) in [6, 6.07) is 2.11. The second kappa shape index (κ2) is 3.92. The lowest BCUT2D eigenvalue weighted by Crippen LogP contribution is -2.13. The minimum Gasteiger partial charge on any atom is -0.372 e. The summed E-state index contributed by atoms with van der Waals surface area (Å²) in [5.74, 6) is 4.49. The molecule has 0 spiro atoms. The van der Waals surface area contributed by atoms with Gasteiger partial charge in [0.1, 0.15) is 16.5 Å². The van der Waals surface area contributed by atoms with Gasteiger partial charge in [0.05, 0.1) is 5.39 Å². The van der Waals surface area contributed by atoms with Gasteiger partial charge in [0, 0.05) is 13.0 Å². The monoisotopic (exact) mass is 259 g/mol. The lowest BCUT2D eigenvalue weighted by atomic mass is 9.88. The van der Waals surface area contributed by atoms with Crippen LogP contribution in [0.25, 0.3) is 10.2 Å². The Bertz CT molecular complexity index is 592. The van der Waals surface area contributed by atoms with Gasteiger partial charge in [-0.15, -0.1) is 11.3 Å². The summed E-state index contributed by atoms with van der Waals surface area (Å²) in [5.41, 5.74) is 0. The first kappa shape index (κ1) is 10.7. The van der Waals surface area contributed by atoms with Crippen LogP contribution in [0.1, 0.15) is 37.4 Å². The van der Waals surface area contributed by atoms with Gasteiger partial charge in [-0.1, -0.05) is 6.42 Å². The zero-order valence-corrected chi connectivity index (χ0v) is 11.3. The van der Waals surface area contributed by atoms with E-state index < -0.39 is 0 Å². The number of anilines is 1. The lowest BCUT2D eigenvalue weighted by molar-refractivity contribution is 0.406. The molecule has 0 radical (unpaired) electrons. The highest BCUT2D eigenvalue weighted by molar-refractivity contribution is 7.16. The van der Waals surface area contributed by atoms with Crippen LogP contribution in [0.3, 0.4) is 0 Å². The molecule has 2 saturated carbocycles. The van der Waals surface area contributed by atoms with Crippen molar-refractivity contribution in [2.75, 3.05) is 12.4 Å². The molecule has 2 fully saturated rings. The van der Waals surface area contributed by atoms with E-state index in [1.54, 1.807) is 11.3 Å². The topological polar surface area (TPSA) is 37.8 Å². The van der Waals surface area contributed by atoms with Crippen LogP contribution in [0.5, 0.6) is 0 Å². The summed E-state index contributed by atoms with van der Waals surface area (Å²) >= 11 is 1.72. The van der Waals surface area contributed by atoms with Crippen molar-refractivity contribution in [1.82, 2.24) is 9.97 Å². The quantitative estimate of drug-likeness (QED) is 0.894. The van der Waals surface area contributed by atoms with Crippen LogP contribution < -0.4 is 5.32 Å². The van der Waals surface area contributed by atoms with Crippen molar-refractivity contribution in [3.63, 3.8) is 0 Å². The van der Waals surface area contributed by atoms with Crippen molar-refractivity contribution in [2.45, 2.75) is 31.6 Å². The molecule has 3 atom stereocenters. The van der Waals surface area contributed by atoms with E-state index in [2.05, 4.69) is 16.8 Å². The first-order valence-electron chi connectivity index (χ1n) is 6.78. The van der Waals surface area contributed by atoms with E-state index in [-0.39, 0.29) is 0 Å². The maximum Gasteiger partial charge on any atom is 0.138 e. The van der Waals surface area contributed by atoms with Crippen molar-refractivity contribution >= 4 is 27.4 Å². The molecule has 3 nitrogen and oxygen atoms in total. The maximum absolute atomic E-state index is 4.81. The largest absolute Gasteiger partial charge is 0.372 e. The molecule has 3 unspecified atom stereocenters. The van der Waals surface area contributed by atoms with E-state index in [0.717, 1.165) is 33.7 Å². The third-order valence-electron chi connectivity index (χ3n) is 4.65. The smallest absolute Gasteiger partial charge is 0.138 e. The highest BCUT2D eigenvalue weighted by Gasteiger charge is 2.41. The van der Waals surface area contributed by atoms with Crippen molar-refractivity contribution in [1.29, 1.82) is 0 Å². The number of hydrogen-bond acceptors (Lipinski definition) is 4. The van der Waals surface area contributed by atoms with Gasteiger partial charge in [-0.25, -0.2) is 9.97 Å². The molecule has 4 rings (SSSR count). The lowest BCUT2D eigenvalue weighted by Gasteiger charge is -2.20. The Kier molecular flexibility index (Phi) is 2.34. The average Bonchev–Trinajstić information content (AvgIpc) is 3.12. The van der Waals surface area contributed by atoms with Crippen LogP contribution in [0.15, 0.2) is 11.4 Å². The summed E-state index contributed by atoms with van der Waals surface area (Å²) in [6.07, 6.45) is 5.54. The van der Waals surface area contributed by atoms with E-state index >= 15 is 0 Å². The normalized spacial score (nSPS) is 30.2. The van der Waals surface area contributed by atoms with Gasteiger partial charge in [0.15, 0.2) is 0 Å². The van der Waals surface area contributed by atoms with Crippen molar-refractivity contribution in [2.24, 2.45) is 11.8 Å². The summed E-state index contributed by atoms with van der Waals surface area (Å²) in [5, 5.41) is 6.48. The van der Waals surface area contributed by atoms with E-state index in [4.69, 9.17) is 9.97 Å². The van der Waals surface area contributed by atoms with Gasteiger partial charge in [-0.05, 0) is 42.5 Å². The van der Waals surface area contributed by atoms with Gasteiger partial charge in [-0.2, -0.15) is 0 Å². The van der Waals surface area contributed by atoms with Crippen LogP contribution in [0.2, 0.25) is 0 Å². The van der Waals surface area contributed by atoms with Crippen LogP contribution in [-0.4, -0.2) is 17.0 Å². The summed E-state index contributed by atoms with van der Waals surface area (Å²) in [6.45, 7) is 0. The highest BCUT2D eigenvalue weighted by Crippen LogP contribution is 2.52. The molecule has 2 heterocycles. The summed E-state index contributed by atoms with van der Waals surface area (Å²) < 4.78 is 0. The molecule has 0 amide bonds. The Labute approximate surface area is 111 Å². The second-order valence-electron chi connectivity index (χ2n) is 5.60. The highest BCUT2D eigenvalue weighted by atomic mass is 32.1. The first-order chi connectivity index (χ1) is 8.85.